The van der Waals surface area contributed by atoms with Gasteiger partial charge in [-0.15, -0.1) is 0 Å². The molecule has 0 fully saturated rings. The maximum atomic E-state index is 13.7. The smallest absolute Gasteiger partial charge is 0.262 e. The van der Waals surface area contributed by atoms with Gasteiger partial charge in [0.2, 0.25) is 0 Å². The molecule has 1 N–H and O–H groups in total. The molecule has 1 atom stereocenters. The fourth-order valence-electron chi connectivity index (χ4n) is 2.05. The van der Waals surface area contributed by atoms with Gasteiger partial charge in [-0.1, -0.05) is 0 Å². The Labute approximate surface area is 119 Å². The molecule has 5 nitrogen and oxygen atoms in total. The number of alkyl halides is 2. The van der Waals surface area contributed by atoms with Gasteiger partial charge in [0.25, 0.3) is 5.91 Å². The molecule has 1 amide bonds. The number of anilines is 1. The van der Waals surface area contributed by atoms with Crippen LogP contribution in [0, 0.1) is 6.92 Å². The first-order chi connectivity index (χ1) is 9.92. The summed E-state index contributed by atoms with van der Waals surface area (Å²) >= 11 is 0. The number of benzene rings is 1. The van der Waals surface area contributed by atoms with Crippen molar-refractivity contribution in [3.05, 3.63) is 23.3 Å². The molecule has 1 aromatic rings. The fraction of sp³-hybridized carbons (Fsp3) is 0.357. The van der Waals surface area contributed by atoms with E-state index in [1.54, 1.807) is 6.92 Å². The van der Waals surface area contributed by atoms with Crippen LogP contribution >= 0.6 is 0 Å². The SMILES string of the molecule is Cc1cc(C(=O)C(F)CC(=O)CF)cc2c1OCC(=O)N2. The number of aryl methyl sites for hydroxylation is 1. The number of rotatable bonds is 5. The third-order valence-corrected chi connectivity index (χ3v) is 3.02. The maximum Gasteiger partial charge on any atom is 0.262 e. The van der Waals surface area contributed by atoms with E-state index >= 15 is 0 Å². The standard InChI is InChI=1S/C14H13F2NO4/c1-7-2-8(13(20)10(16)4-9(18)5-15)3-11-14(7)21-6-12(19)17-11/h2-3,10H,4-6H2,1H3,(H,17,19). The van der Waals surface area contributed by atoms with E-state index in [1.807, 2.05) is 0 Å². The number of ketones is 2. The zero-order valence-electron chi connectivity index (χ0n) is 11.2. The lowest BCUT2D eigenvalue weighted by molar-refractivity contribution is -0.120. The van der Waals surface area contributed by atoms with Crippen LogP contribution in [0.3, 0.4) is 0 Å². The number of hydrogen-bond acceptors (Lipinski definition) is 4. The summed E-state index contributed by atoms with van der Waals surface area (Å²) in [6.07, 6.45) is -2.90. The molecule has 0 bridgehead atoms. The topological polar surface area (TPSA) is 72.5 Å². The number of fused-ring (bicyclic) bond motifs is 1. The molecule has 112 valence electrons. The molecule has 0 aromatic heterocycles. The summed E-state index contributed by atoms with van der Waals surface area (Å²) in [5.41, 5.74) is 0.828. The minimum atomic E-state index is -2.11. The highest BCUT2D eigenvalue weighted by molar-refractivity contribution is 6.04. The lowest BCUT2D eigenvalue weighted by Gasteiger charge is -2.20. The van der Waals surface area contributed by atoms with E-state index in [2.05, 4.69) is 5.32 Å². The molecule has 2 rings (SSSR count). The lowest BCUT2D eigenvalue weighted by Crippen LogP contribution is -2.27. The number of hydrogen-bond donors (Lipinski definition) is 1. The molecule has 1 aliphatic heterocycles. The van der Waals surface area contributed by atoms with Crippen molar-refractivity contribution in [3.63, 3.8) is 0 Å². The quantitative estimate of drug-likeness (QED) is 0.841. The number of ether oxygens (including phenoxy) is 1. The molecule has 21 heavy (non-hydrogen) atoms. The summed E-state index contributed by atoms with van der Waals surface area (Å²) in [7, 11) is 0. The zero-order chi connectivity index (χ0) is 15.6. The molecule has 0 aliphatic carbocycles. The lowest BCUT2D eigenvalue weighted by atomic mass is 10.00. The number of carbonyl (C=O) groups is 3. The number of amides is 1. The predicted molar refractivity (Wildman–Crippen MR) is 70.1 cm³/mol. The van der Waals surface area contributed by atoms with Gasteiger partial charge in [0.05, 0.1) is 5.69 Å². The number of Topliss-reactive ketones (excluding diaryl/α,β-unsaturated/α-hetero) is 2. The Morgan fingerprint density at radius 3 is 2.81 bits per heavy atom. The van der Waals surface area contributed by atoms with Crippen LogP contribution in [0.2, 0.25) is 0 Å². The third-order valence-electron chi connectivity index (χ3n) is 3.02. The highest BCUT2D eigenvalue weighted by Crippen LogP contribution is 2.33. The van der Waals surface area contributed by atoms with Crippen molar-refractivity contribution >= 4 is 23.2 Å². The molecule has 1 heterocycles. The first-order valence-corrected chi connectivity index (χ1v) is 6.25. The Morgan fingerprint density at radius 1 is 1.43 bits per heavy atom. The predicted octanol–water partition coefficient (Wildman–Crippen LogP) is 1.78. The summed E-state index contributed by atoms with van der Waals surface area (Å²) in [4.78, 5) is 34.0. The average molecular weight is 297 g/mol. The number of carbonyl (C=O) groups excluding carboxylic acids is 3. The summed E-state index contributed by atoms with van der Waals surface area (Å²) in [6, 6.07) is 2.69. The van der Waals surface area contributed by atoms with Gasteiger partial charge in [-0.3, -0.25) is 14.4 Å². The first-order valence-electron chi connectivity index (χ1n) is 6.25. The minimum absolute atomic E-state index is 0.00351. The van der Waals surface area contributed by atoms with Gasteiger partial charge in [-0.2, -0.15) is 0 Å². The fourth-order valence-corrected chi connectivity index (χ4v) is 2.05. The van der Waals surface area contributed by atoms with Gasteiger partial charge in [0.15, 0.2) is 24.3 Å². The van der Waals surface area contributed by atoms with E-state index in [9.17, 15) is 23.2 Å². The molecule has 1 unspecified atom stereocenters. The highest BCUT2D eigenvalue weighted by Gasteiger charge is 2.26. The van der Waals surface area contributed by atoms with Crippen LogP contribution in [0.4, 0.5) is 14.5 Å². The molecular formula is C14H13F2NO4. The Bertz CT molecular complexity index is 615. The van der Waals surface area contributed by atoms with Crippen molar-refractivity contribution in [2.75, 3.05) is 18.6 Å². The molecule has 0 radical (unpaired) electrons. The van der Waals surface area contributed by atoms with Crippen LogP contribution in [0.25, 0.3) is 0 Å². The van der Waals surface area contributed by atoms with Gasteiger partial charge < -0.3 is 10.1 Å². The van der Waals surface area contributed by atoms with Crippen molar-refractivity contribution in [2.24, 2.45) is 0 Å². The molecule has 0 spiro atoms. The van der Waals surface area contributed by atoms with E-state index in [-0.39, 0.29) is 23.8 Å². The maximum absolute atomic E-state index is 13.7. The molecule has 0 saturated carbocycles. The van der Waals surface area contributed by atoms with E-state index in [0.29, 0.717) is 11.3 Å². The largest absolute Gasteiger partial charge is 0.481 e. The molecule has 1 aromatic carbocycles. The van der Waals surface area contributed by atoms with E-state index in [1.165, 1.54) is 12.1 Å². The van der Waals surface area contributed by atoms with Crippen LogP contribution < -0.4 is 10.1 Å². The Hall–Kier alpha value is -2.31. The third kappa shape index (κ3) is 3.24. The Morgan fingerprint density at radius 2 is 2.14 bits per heavy atom. The second-order valence-corrected chi connectivity index (χ2v) is 4.71. The summed E-state index contributed by atoms with van der Waals surface area (Å²) in [5.74, 6) is -1.86. The van der Waals surface area contributed by atoms with E-state index in [0.717, 1.165) is 0 Å². The van der Waals surface area contributed by atoms with Crippen LogP contribution in [-0.2, 0) is 9.59 Å². The summed E-state index contributed by atoms with van der Waals surface area (Å²) < 4.78 is 31.0. The Balaban J connectivity index is 2.26. The van der Waals surface area contributed by atoms with E-state index < -0.39 is 30.8 Å². The van der Waals surface area contributed by atoms with Crippen molar-refractivity contribution in [1.29, 1.82) is 0 Å². The normalized spacial score (nSPS) is 14.7. The van der Waals surface area contributed by atoms with Crippen LogP contribution in [0.15, 0.2) is 12.1 Å². The van der Waals surface area contributed by atoms with E-state index in [4.69, 9.17) is 4.74 Å². The molecule has 1 aliphatic rings. The Kier molecular flexibility index (Phi) is 4.30. The zero-order valence-corrected chi connectivity index (χ0v) is 11.2. The van der Waals surface area contributed by atoms with Crippen LogP contribution in [-0.4, -0.2) is 36.9 Å². The summed E-state index contributed by atoms with van der Waals surface area (Å²) in [6.45, 7) is 0.214. The summed E-state index contributed by atoms with van der Waals surface area (Å²) in [5, 5.41) is 2.52. The van der Waals surface area contributed by atoms with Gasteiger partial charge in [0.1, 0.15) is 12.4 Å². The van der Waals surface area contributed by atoms with Crippen LogP contribution in [0.5, 0.6) is 5.75 Å². The van der Waals surface area contributed by atoms with Crippen molar-refractivity contribution in [3.8, 4) is 5.75 Å². The minimum Gasteiger partial charge on any atom is -0.481 e. The monoisotopic (exact) mass is 297 g/mol. The highest BCUT2D eigenvalue weighted by atomic mass is 19.1. The van der Waals surface area contributed by atoms with Gasteiger partial charge in [-0.05, 0) is 24.6 Å². The van der Waals surface area contributed by atoms with Crippen molar-refractivity contribution < 1.29 is 27.9 Å². The number of halogens is 2. The number of nitrogens with one attached hydrogen (secondary N) is 1. The van der Waals surface area contributed by atoms with Crippen molar-refractivity contribution in [1.82, 2.24) is 0 Å². The second-order valence-electron chi connectivity index (χ2n) is 4.71. The molecule has 0 saturated heterocycles. The van der Waals surface area contributed by atoms with Gasteiger partial charge >= 0.3 is 0 Å². The molecular weight excluding hydrogens is 284 g/mol. The van der Waals surface area contributed by atoms with Crippen molar-refractivity contribution in [2.45, 2.75) is 19.5 Å². The second kappa shape index (κ2) is 5.99. The van der Waals surface area contributed by atoms with Gasteiger partial charge in [-0.25, -0.2) is 8.78 Å². The first kappa shape index (κ1) is 15.1. The average Bonchev–Trinajstić information content (AvgIpc) is 2.45. The molecule has 7 heteroatoms. The van der Waals surface area contributed by atoms with Gasteiger partial charge in [0, 0.05) is 12.0 Å². The van der Waals surface area contributed by atoms with Crippen LogP contribution in [0.1, 0.15) is 22.3 Å².